The van der Waals surface area contributed by atoms with Crippen LogP contribution in [0.1, 0.15) is 19.3 Å². The van der Waals surface area contributed by atoms with Gasteiger partial charge in [0, 0.05) is 32.2 Å². The van der Waals surface area contributed by atoms with E-state index in [1.165, 1.54) is 0 Å². The molecule has 0 bridgehead atoms. The molecule has 1 N–H and O–H groups in total. The first-order valence-electron chi connectivity index (χ1n) is 5.20. The fourth-order valence-electron chi connectivity index (χ4n) is 1.78. The number of likely N-dealkylation sites (N-methyl/N-ethyl adjacent to an activating group) is 1. The molecule has 0 aromatic rings. The van der Waals surface area contributed by atoms with E-state index in [-0.39, 0.29) is 12.5 Å². The zero-order valence-corrected chi connectivity index (χ0v) is 9.07. The molecule has 1 rings (SSSR count). The van der Waals surface area contributed by atoms with E-state index in [1.54, 1.807) is 0 Å². The molecule has 82 valence electrons. The van der Waals surface area contributed by atoms with Crippen LogP contribution in [-0.2, 0) is 4.79 Å². The lowest BCUT2D eigenvalue weighted by Gasteiger charge is -2.20. The fraction of sp³-hybridized carbons (Fsp3) is 0.900. The molecule has 4 heteroatoms. The molecule has 0 aliphatic carbocycles. The average molecular weight is 200 g/mol. The Bertz CT molecular complexity index is 195. The van der Waals surface area contributed by atoms with Crippen molar-refractivity contribution in [2.24, 2.45) is 0 Å². The molecule has 1 aliphatic rings. The normalized spacial score (nSPS) is 22.0. The number of nitrogens with zero attached hydrogens (tertiary/aromatic N) is 2. The van der Waals surface area contributed by atoms with Gasteiger partial charge in [-0.25, -0.2) is 0 Å². The Morgan fingerprint density at radius 1 is 1.57 bits per heavy atom. The summed E-state index contributed by atoms with van der Waals surface area (Å²) in [4.78, 5) is 15.6. The molecule has 1 heterocycles. The van der Waals surface area contributed by atoms with Crippen molar-refractivity contribution in [2.75, 3.05) is 33.8 Å². The molecule has 1 atom stereocenters. The molecular formula is C10H20N2O2. The second-order valence-electron chi connectivity index (χ2n) is 4.07. The third-order valence-electron chi connectivity index (χ3n) is 2.80. The smallest absolute Gasteiger partial charge is 0.222 e. The van der Waals surface area contributed by atoms with Gasteiger partial charge in [-0.3, -0.25) is 4.79 Å². The highest BCUT2D eigenvalue weighted by molar-refractivity contribution is 5.76. The van der Waals surface area contributed by atoms with Crippen molar-refractivity contribution in [2.45, 2.75) is 25.3 Å². The largest absolute Gasteiger partial charge is 0.396 e. The van der Waals surface area contributed by atoms with Crippen LogP contribution >= 0.6 is 0 Å². The predicted octanol–water partition coefficient (Wildman–Crippen LogP) is -0.0786. The van der Waals surface area contributed by atoms with E-state index < -0.39 is 0 Å². The molecule has 0 aromatic heterocycles. The Morgan fingerprint density at radius 3 is 2.79 bits per heavy atom. The molecule has 14 heavy (non-hydrogen) atoms. The van der Waals surface area contributed by atoms with Gasteiger partial charge >= 0.3 is 0 Å². The first-order chi connectivity index (χ1) is 6.65. The Labute approximate surface area is 85.5 Å². The van der Waals surface area contributed by atoms with Gasteiger partial charge < -0.3 is 14.9 Å². The molecule has 1 saturated heterocycles. The quantitative estimate of drug-likeness (QED) is 0.690. The maximum absolute atomic E-state index is 11.6. The Balaban J connectivity index is 2.30. The van der Waals surface area contributed by atoms with Gasteiger partial charge in [0.05, 0.1) is 0 Å². The number of hydrogen-bond acceptors (Lipinski definition) is 3. The van der Waals surface area contributed by atoms with E-state index >= 15 is 0 Å². The number of aliphatic hydroxyl groups is 1. The summed E-state index contributed by atoms with van der Waals surface area (Å²) in [7, 11) is 4.10. The summed E-state index contributed by atoms with van der Waals surface area (Å²) in [6, 6.07) is 0.507. The summed E-state index contributed by atoms with van der Waals surface area (Å²) in [5.74, 6) is 0.184. The maximum Gasteiger partial charge on any atom is 0.222 e. The molecule has 0 saturated carbocycles. The Kier molecular flexibility index (Phi) is 4.35. The molecule has 0 spiro atoms. The summed E-state index contributed by atoms with van der Waals surface area (Å²) in [5, 5.41) is 8.62. The summed E-state index contributed by atoms with van der Waals surface area (Å²) in [6.07, 6.45) is 2.14. The zero-order valence-electron chi connectivity index (χ0n) is 9.07. The molecule has 0 radical (unpaired) electrons. The Hall–Kier alpha value is -0.610. The lowest BCUT2D eigenvalue weighted by molar-refractivity contribution is -0.130. The minimum absolute atomic E-state index is 0.108. The van der Waals surface area contributed by atoms with E-state index in [9.17, 15) is 4.79 Å². The fourth-order valence-corrected chi connectivity index (χ4v) is 1.78. The van der Waals surface area contributed by atoms with Crippen molar-refractivity contribution in [3.05, 3.63) is 0 Å². The average Bonchev–Trinajstić information content (AvgIpc) is 2.62. The zero-order chi connectivity index (χ0) is 10.6. The minimum atomic E-state index is 0.108. The first kappa shape index (κ1) is 11.5. The molecule has 0 aromatic carbocycles. The van der Waals surface area contributed by atoms with Crippen LogP contribution in [0.3, 0.4) is 0 Å². The van der Waals surface area contributed by atoms with Crippen molar-refractivity contribution in [1.29, 1.82) is 0 Å². The van der Waals surface area contributed by atoms with Crippen molar-refractivity contribution >= 4 is 5.91 Å². The second-order valence-corrected chi connectivity index (χ2v) is 4.07. The van der Waals surface area contributed by atoms with Gasteiger partial charge in [0.15, 0.2) is 0 Å². The summed E-state index contributed by atoms with van der Waals surface area (Å²) < 4.78 is 0. The van der Waals surface area contributed by atoms with Crippen molar-refractivity contribution < 1.29 is 9.90 Å². The summed E-state index contributed by atoms with van der Waals surface area (Å²) in [5.41, 5.74) is 0. The summed E-state index contributed by atoms with van der Waals surface area (Å²) in [6.45, 7) is 1.82. The number of rotatable bonds is 4. The second kappa shape index (κ2) is 5.32. The third-order valence-corrected chi connectivity index (χ3v) is 2.80. The highest BCUT2D eigenvalue weighted by Crippen LogP contribution is 2.14. The van der Waals surface area contributed by atoms with Gasteiger partial charge in [-0.1, -0.05) is 0 Å². The van der Waals surface area contributed by atoms with Crippen LogP contribution in [0, 0.1) is 0 Å². The van der Waals surface area contributed by atoms with Crippen molar-refractivity contribution in [3.63, 3.8) is 0 Å². The highest BCUT2D eigenvalue weighted by Gasteiger charge is 2.26. The number of aliphatic hydroxyl groups excluding tert-OH is 1. The maximum atomic E-state index is 11.6. The number of carbonyl (C=O) groups is 1. The monoisotopic (exact) mass is 200 g/mol. The highest BCUT2D eigenvalue weighted by atomic mass is 16.3. The lowest BCUT2D eigenvalue weighted by Crippen LogP contribution is -2.34. The molecule has 4 nitrogen and oxygen atoms in total. The van der Waals surface area contributed by atoms with Crippen LogP contribution < -0.4 is 0 Å². The molecule has 1 fully saturated rings. The number of amides is 1. The van der Waals surface area contributed by atoms with Crippen LogP contribution in [0.5, 0.6) is 0 Å². The standard InChI is InChI=1S/C10H20N2O2/c1-11(2)9-5-6-12(8-9)10(14)4-3-7-13/h9,13H,3-8H2,1-2H3. The number of carbonyl (C=O) groups excluding carboxylic acids is 1. The van der Waals surface area contributed by atoms with Gasteiger partial charge in [0.2, 0.25) is 5.91 Å². The Morgan fingerprint density at radius 2 is 2.29 bits per heavy atom. The van der Waals surface area contributed by atoms with E-state index in [0.29, 0.717) is 18.9 Å². The van der Waals surface area contributed by atoms with Crippen molar-refractivity contribution in [1.82, 2.24) is 9.80 Å². The molecular weight excluding hydrogens is 180 g/mol. The predicted molar refractivity (Wildman–Crippen MR) is 55.0 cm³/mol. The van der Waals surface area contributed by atoms with E-state index in [1.807, 2.05) is 19.0 Å². The SMILES string of the molecule is CN(C)C1CCN(C(=O)CCCO)C1. The molecule has 1 aliphatic heterocycles. The van der Waals surface area contributed by atoms with Crippen LogP contribution in [0.2, 0.25) is 0 Å². The van der Waals surface area contributed by atoms with Gasteiger partial charge in [-0.2, -0.15) is 0 Å². The van der Waals surface area contributed by atoms with Crippen LogP contribution in [0.25, 0.3) is 0 Å². The van der Waals surface area contributed by atoms with E-state index in [4.69, 9.17) is 5.11 Å². The molecule has 1 unspecified atom stereocenters. The number of likely N-dealkylation sites (tertiary alicyclic amines) is 1. The van der Waals surface area contributed by atoms with E-state index in [0.717, 1.165) is 19.5 Å². The van der Waals surface area contributed by atoms with Crippen molar-refractivity contribution in [3.8, 4) is 0 Å². The van der Waals surface area contributed by atoms with Crippen LogP contribution in [-0.4, -0.2) is 60.6 Å². The van der Waals surface area contributed by atoms with Gasteiger partial charge in [0.1, 0.15) is 0 Å². The third kappa shape index (κ3) is 2.96. The topological polar surface area (TPSA) is 43.8 Å². The van der Waals surface area contributed by atoms with Gasteiger partial charge in [0.25, 0.3) is 0 Å². The minimum Gasteiger partial charge on any atom is -0.396 e. The first-order valence-corrected chi connectivity index (χ1v) is 5.20. The van der Waals surface area contributed by atoms with Gasteiger partial charge in [-0.05, 0) is 26.9 Å². The summed E-state index contributed by atoms with van der Waals surface area (Å²) >= 11 is 0. The number of hydrogen-bond donors (Lipinski definition) is 1. The van der Waals surface area contributed by atoms with Crippen LogP contribution in [0.15, 0.2) is 0 Å². The lowest BCUT2D eigenvalue weighted by atomic mass is 10.2. The molecule has 1 amide bonds. The van der Waals surface area contributed by atoms with E-state index in [2.05, 4.69) is 4.90 Å². The van der Waals surface area contributed by atoms with Crippen LogP contribution in [0.4, 0.5) is 0 Å². The van der Waals surface area contributed by atoms with Gasteiger partial charge in [-0.15, -0.1) is 0 Å².